The van der Waals surface area contributed by atoms with E-state index >= 15 is 0 Å². The molecule has 4 nitrogen and oxygen atoms in total. The highest BCUT2D eigenvalue weighted by atomic mass is 16.5. The molecule has 0 amide bonds. The van der Waals surface area contributed by atoms with Crippen LogP contribution in [-0.2, 0) is 0 Å². The number of hydrogen-bond donors (Lipinski definition) is 1. The molecule has 0 radical (unpaired) electrons. The average Bonchev–Trinajstić information content (AvgIpc) is 2.74. The van der Waals surface area contributed by atoms with Crippen molar-refractivity contribution in [2.45, 2.75) is 0 Å². The Bertz CT molecular complexity index is 894. The van der Waals surface area contributed by atoms with Gasteiger partial charge in [0.05, 0.1) is 25.6 Å². The molecule has 0 heterocycles. The first-order valence-corrected chi connectivity index (χ1v) is 8.58. The van der Waals surface area contributed by atoms with Crippen molar-refractivity contribution in [2.75, 3.05) is 14.2 Å². The van der Waals surface area contributed by atoms with Crippen LogP contribution in [0.3, 0.4) is 0 Å². The second kappa shape index (κ2) is 8.72. The highest BCUT2D eigenvalue weighted by Crippen LogP contribution is 2.28. The van der Waals surface area contributed by atoms with Gasteiger partial charge in [0, 0.05) is 16.7 Å². The molecule has 0 fully saturated rings. The number of hydrazone groups is 1. The quantitative estimate of drug-likeness (QED) is 0.491. The molecule has 0 bridgehead atoms. The molecule has 0 spiro atoms. The Labute approximate surface area is 159 Å². The van der Waals surface area contributed by atoms with E-state index in [1.165, 1.54) is 0 Å². The molecule has 0 aromatic heterocycles. The van der Waals surface area contributed by atoms with Crippen LogP contribution in [0.2, 0.25) is 0 Å². The molecule has 1 N–H and O–H groups in total. The maximum atomic E-state index is 5.44. The van der Waals surface area contributed by atoms with Crippen molar-refractivity contribution in [3.63, 3.8) is 0 Å². The Morgan fingerprint density at radius 3 is 1.93 bits per heavy atom. The summed E-state index contributed by atoms with van der Waals surface area (Å²) in [6.45, 7) is 4.11. The number of methoxy groups -OCH3 is 2. The van der Waals surface area contributed by atoms with Crippen molar-refractivity contribution in [3.05, 3.63) is 102 Å². The number of nitrogens with zero attached hydrogens (tertiary/aromatic N) is 1. The minimum atomic E-state index is 0.620. The van der Waals surface area contributed by atoms with Gasteiger partial charge in [-0.3, -0.25) is 5.43 Å². The van der Waals surface area contributed by atoms with E-state index in [1.54, 1.807) is 14.2 Å². The molecule has 136 valence electrons. The number of rotatable bonds is 7. The summed E-state index contributed by atoms with van der Waals surface area (Å²) < 4.78 is 10.7. The Morgan fingerprint density at radius 2 is 1.41 bits per heavy atom. The second-order valence-electron chi connectivity index (χ2n) is 5.85. The fraction of sp³-hybridized carbons (Fsp3) is 0.0870. The van der Waals surface area contributed by atoms with E-state index in [2.05, 4.69) is 17.1 Å². The predicted molar refractivity (Wildman–Crippen MR) is 110 cm³/mol. The van der Waals surface area contributed by atoms with Crippen LogP contribution in [0.1, 0.15) is 16.7 Å². The maximum absolute atomic E-state index is 5.44. The van der Waals surface area contributed by atoms with Crippen LogP contribution in [0.4, 0.5) is 0 Å². The lowest BCUT2D eigenvalue weighted by atomic mass is 10.0. The Hall–Kier alpha value is -3.53. The van der Waals surface area contributed by atoms with Gasteiger partial charge in [-0.25, -0.2) is 0 Å². The van der Waals surface area contributed by atoms with E-state index in [9.17, 15) is 0 Å². The Morgan fingerprint density at radius 1 is 0.815 bits per heavy atom. The molecule has 0 saturated carbocycles. The van der Waals surface area contributed by atoms with Crippen LogP contribution in [0, 0.1) is 0 Å². The first-order valence-electron chi connectivity index (χ1n) is 8.58. The number of hydrogen-bond acceptors (Lipinski definition) is 4. The zero-order valence-corrected chi connectivity index (χ0v) is 15.5. The third-order valence-corrected chi connectivity index (χ3v) is 4.13. The number of ether oxygens (including phenoxy) is 2. The zero-order valence-electron chi connectivity index (χ0n) is 15.5. The summed E-state index contributed by atoms with van der Waals surface area (Å²) in [7, 11) is 3.25. The Balaban J connectivity index is 1.94. The van der Waals surface area contributed by atoms with Gasteiger partial charge in [0.15, 0.2) is 0 Å². The van der Waals surface area contributed by atoms with Gasteiger partial charge in [0.25, 0.3) is 0 Å². The first-order chi connectivity index (χ1) is 13.2. The van der Waals surface area contributed by atoms with Gasteiger partial charge >= 0.3 is 0 Å². The van der Waals surface area contributed by atoms with Crippen LogP contribution in [0.25, 0.3) is 5.70 Å². The minimum Gasteiger partial charge on any atom is -0.497 e. The number of benzene rings is 3. The molecule has 0 atom stereocenters. The molecule has 27 heavy (non-hydrogen) atoms. The van der Waals surface area contributed by atoms with Gasteiger partial charge in [0.2, 0.25) is 0 Å². The monoisotopic (exact) mass is 358 g/mol. The SMILES string of the molecule is C=C(NN=C(c1ccccc1)c1ccccc1)c1cc(OC)ccc1OC. The molecule has 0 saturated heterocycles. The van der Waals surface area contributed by atoms with E-state index in [0.717, 1.165) is 28.2 Å². The van der Waals surface area contributed by atoms with Crippen LogP contribution < -0.4 is 14.9 Å². The minimum absolute atomic E-state index is 0.620. The largest absolute Gasteiger partial charge is 0.497 e. The Kier molecular flexibility index (Phi) is 5.90. The van der Waals surface area contributed by atoms with Gasteiger partial charge in [-0.1, -0.05) is 67.2 Å². The summed E-state index contributed by atoms with van der Waals surface area (Å²) >= 11 is 0. The molecule has 3 aromatic carbocycles. The highest BCUT2D eigenvalue weighted by molar-refractivity contribution is 6.12. The van der Waals surface area contributed by atoms with Crippen LogP contribution in [0.5, 0.6) is 11.5 Å². The third-order valence-electron chi connectivity index (χ3n) is 4.13. The maximum Gasteiger partial charge on any atom is 0.128 e. The molecule has 4 heteroatoms. The van der Waals surface area contributed by atoms with Gasteiger partial charge in [-0.2, -0.15) is 5.10 Å². The van der Waals surface area contributed by atoms with Crippen molar-refractivity contribution in [2.24, 2.45) is 5.10 Å². The molecule has 3 aromatic rings. The molecule has 0 unspecified atom stereocenters. The summed E-state index contributed by atoms with van der Waals surface area (Å²) in [6.07, 6.45) is 0. The first kappa shape index (κ1) is 18.3. The van der Waals surface area contributed by atoms with Gasteiger partial charge in [-0.15, -0.1) is 0 Å². The molecular weight excluding hydrogens is 336 g/mol. The van der Waals surface area contributed by atoms with Gasteiger partial charge in [-0.05, 0) is 18.2 Å². The summed E-state index contributed by atoms with van der Waals surface area (Å²) in [5, 5.41) is 4.64. The topological polar surface area (TPSA) is 42.9 Å². The highest BCUT2D eigenvalue weighted by Gasteiger charge is 2.10. The van der Waals surface area contributed by atoms with Gasteiger partial charge < -0.3 is 9.47 Å². The van der Waals surface area contributed by atoms with E-state index in [-0.39, 0.29) is 0 Å². The van der Waals surface area contributed by atoms with Gasteiger partial charge in [0.1, 0.15) is 11.5 Å². The lowest BCUT2D eigenvalue weighted by Gasteiger charge is -2.14. The van der Waals surface area contributed by atoms with Crippen LogP contribution in [-0.4, -0.2) is 19.9 Å². The molecular formula is C23H22N2O2. The number of nitrogens with one attached hydrogen (secondary N) is 1. The predicted octanol–water partition coefficient (Wildman–Crippen LogP) is 4.72. The van der Waals surface area contributed by atoms with Crippen LogP contribution in [0.15, 0.2) is 90.5 Å². The zero-order chi connectivity index (χ0) is 19.1. The van der Waals surface area contributed by atoms with Crippen molar-refractivity contribution in [1.82, 2.24) is 5.43 Å². The fourth-order valence-corrected chi connectivity index (χ4v) is 2.72. The van der Waals surface area contributed by atoms with E-state index < -0.39 is 0 Å². The second-order valence-corrected chi connectivity index (χ2v) is 5.85. The van der Waals surface area contributed by atoms with E-state index in [4.69, 9.17) is 9.47 Å². The van der Waals surface area contributed by atoms with Crippen LogP contribution >= 0.6 is 0 Å². The summed E-state index contributed by atoms with van der Waals surface area (Å²) in [4.78, 5) is 0. The summed E-state index contributed by atoms with van der Waals surface area (Å²) in [5.41, 5.74) is 7.36. The van der Waals surface area contributed by atoms with Crippen molar-refractivity contribution < 1.29 is 9.47 Å². The van der Waals surface area contributed by atoms with Crippen molar-refractivity contribution in [3.8, 4) is 11.5 Å². The van der Waals surface area contributed by atoms with Crippen molar-refractivity contribution >= 4 is 11.4 Å². The molecule has 0 aliphatic carbocycles. The lowest BCUT2D eigenvalue weighted by molar-refractivity contribution is 0.402. The van der Waals surface area contributed by atoms with Crippen molar-refractivity contribution in [1.29, 1.82) is 0 Å². The normalized spacial score (nSPS) is 10.0. The summed E-state index contributed by atoms with van der Waals surface area (Å²) in [6, 6.07) is 25.6. The molecule has 0 aliphatic heterocycles. The standard InChI is InChI=1S/C23H22N2O2/c1-17(21-16-20(26-2)14-15-22(21)27-3)24-25-23(18-10-6-4-7-11-18)19-12-8-5-9-13-19/h4-16,24H,1H2,2-3H3. The summed E-state index contributed by atoms with van der Waals surface area (Å²) in [5.74, 6) is 1.42. The third kappa shape index (κ3) is 4.36. The molecule has 3 rings (SSSR count). The van der Waals surface area contributed by atoms with E-state index in [0.29, 0.717) is 11.4 Å². The lowest BCUT2D eigenvalue weighted by Crippen LogP contribution is -2.12. The smallest absolute Gasteiger partial charge is 0.128 e. The molecule has 0 aliphatic rings. The van der Waals surface area contributed by atoms with E-state index in [1.807, 2.05) is 78.9 Å². The fourth-order valence-electron chi connectivity index (χ4n) is 2.72. The average molecular weight is 358 g/mol.